The predicted molar refractivity (Wildman–Crippen MR) is 78.4 cm³/mol. The third-order valence-electron chi connectivity index (χ3n) is 3.01. The Balaban J connectivity index is 2.38. The average molecular weight is 247 g/mol. The van der Waals surface area contributed by atoms with Gasteiger partial charge in [-0.25, -0.2) is 0 Å². The van der Waals surface area contributed by atoms with Gasteiger partial charge in [-0.15, -0.1) is 0 Å². The first-order chi connectivity index (χ1) is 8.53. The highest BCUT2D eigenvalue weighted by molar-refractivity contribution is 5.52. The van der Waals surface area contributed by atoms with E-state index >= 15 is 0 Å². The van der Waals surface area contributed by atoms with Crippen LogP contribution in [0.25, 0.3) is 6.08 Å². The van der Waals surface area contributed by atoms with E-state index in [9.17, 15) is 0 Å². The van der Waals surface area contributed by atoms with Gasteiger partial charge in [0, 0.05) is 19.7 Å². The van der Waals surface area contributed by atoms with Crippen LogP contribution in [0.5, 0.6) is 0 Å². The number of rotatable bonds is 7. The second-order valence-corrected chi connectivity index (χ2v) is 5.64. The van der Waals surface area contributed by atoms with Gasteiger partial charge in [-0.2, -0.15) is 0 Å². The van der Waals surface area contributed by atoms with Crippen molar-refractivity contribution in [1.82, 2.24) is 5.32 Å². The van der Waals surface area contributed by atoms with Gasteiger partial charge >= 0.3 is 0 Å². The lowest BCUT2D eigenvalue weighted by Crippen LogP contribution is -2.31. The highest BCUT2D eigenvalue weighted by atomic mass is 16.3. The topological polar surface area (TPSA) is 32.3 Å². The van der Waals surface area contributed by atoms with Crippen LogP contribution in [-0.4, -0.2) is 24.8 Å². The Morgan fingerprint density at radius 2 is 1.94 bits per heavy atom. The number of benzene rings is 1. The van der Waals surface area contributed by atoms with Crippen molar-refractivity contribution in [1.29, 1.82) is 0 Å². The number of aliphatic hydroxyl groups is 1. The quantitative estimate of drug-likeness (QED) is 0.776. The van der Waals surface area contributed by atoms with Gasteiger partial charge in [0.1, 0.15) is 0 Å². The molecule has 18 heavy (non-hydrogen) atoms. The zero-order valence-corrected chi connectivity index (χ0v) is 11.7. The molecule has 0 aromatic heterocycles. The van der Waals surface area contributed by atoms with Gasteiger partial charge in [0.2, 0.25) is 0 Å². The van der Waals surface area contributed by atoms with Crippen LogP contribution >= 0.6 is 0 Å². The van der Waals surface area contributed by atoms with Crippen LogP contribution < -0.4 is 5.32 Å². The average Bonchev–Trinajstić information content (AvgIpc) is 2.29. The van der Waals surface area contributed by atoms with Gasteiger partial charge in [0.15, 0.2) is 0 Å². The largest absolute Gasteiger partial charge is 0.396 e. The molecule has 2 heteroatoms. The monoisotopic (exact) mass is 247 g/mol. The molecule has 0 aliphatic heterocycles. The van der Waals surface area contributed by atoms with E-state index in [1.165, 1.54) is 11.1 Å². The van der Waals surface area contributed by atoms with Crippen LogP contribution in [-0.2, 0) is 0 Å². The van der Waals surface area contributed by atoms with Crippen LogP contribution in [0.3, 0.4) is 0 Å². The maximum absolute atomic E-state index is 8.97. The summed E-state index contributed by atoms with van der Waals surface area (Å²) in [6.45, 7) is 8.56. The molecule has 100 valence electrons. The molecule has 1 aromatic carbocycles. The third-order valence-corrected chi connectivity index (χ3v) is 3.01. The minimum Gasteiger partial charge on any atom is -0.396 e. The third kappa shape index (κ3) is 5.99. The lowest BCUT2D eigenvalue weighted by Gasteiger charge is -2.24. The van der Waals surface area contributed by atoms with E-state index < -0.39 is 0 Å². The highest BCUT2D eigenvalue weighted by Gasteiger charge is 2.15. The van der Waals surface area contributed by atoms with Crippen molar-refractivity contribution >= 4 is 6.08 Å². The predicted octanol–water partition coefficient (Wildman–Crippen LogP) is 3.09. The van der Waals surface area contributed by atoms with Crippen molar-refractivity contribution in [3.8, 4) is 0 Å². The van der Waals surface area contributed by atoms with E-state index in [1.807, 2.05) is 6.07 Å². The molecule has 0 saturated carbocycles. The summed E-state index contributed by atoms with van der Waals surface area (Å²) >= 11 is 0. The normalized spacial score (nSPS) is 12.8. The highest BCUT2D eigenvalue weighted by Crippen LogP contribution is 2.18. The summed E-state index contributed by atoms with van der Waals surface area (Å²) in [5.74, 6) is 0. The number of hydrogen-bond donors (Lipinski definition) is 2. The second-order valence-electron chi connectivity index (χ2n) is 5.64. The summed E-state index contributed by atoms with van der Waals surface area (Å²) in [4.78, 5) is 0. The van der Waals surface area contributed by atoms with Crippen molar-refractivity contribution in [2.24, 2.45) is 5.41 Å². The van der Waals surface area contributed by atoms with Crippen molar-refractivity contribution in [3.05, 3.63) is 41.5 Å². The van der Waals surface area contributed by atoms with Crippen LogP contribution in [0, 0.1) is 5.41 Å². The zero-order valence-electron chi connectivity index (χ0n) is 11.7. The van der Waals surface area contributed by atoms with Gasteiger partial charge < -0.3 is 10.4 Å². The molecule has 2 nitrogen and oxygen atoms in total. The van der Waals surface area contributed by atoms with Gasteiger partial charge in [-0.3, -0.25) is 0 Å². The molecule has 0 heterocycles. The van der Waals surface area contributed by atoms with E-state index in [0.29, 0.717) is 0 Å². The van der Waals surface area contributed by atoms with Crippen LogP contribution in [0.4, 0.5) is 0 Å². The van der Waals surface area contributed by atoms with Gasteiger partial charge in [0.05, 0.1) is 0 Å². The molecule has 0 fully saturated rings. The molecule has 0 amide bonds. The van der Waals surface area contributed by atoms with Gasteiger partial charge in [-0.1, -0.05) is 55.8 Å². The molecule has 0 aliphatic rings. The summed E-state index contributed by atoms with van der Waals surface area (Å²) in [5.41, 5.74) is 2.72. The van der Waals surface area contributed by atoms with Crippen LogP contribution in [0.1, 0.15) is 32.8 Å². The van der Waals surface area contributed by atoms with E-state index in [1.54, 1.807) is 0 Å². The Bertz CT molecular complexity index is 368. The minimum atomic E-state index is 0.155. The molecule has 0 spiro atoms. The van der Waals surface area contributed by atoms with Gasteiger partial charge in [0.25, 0.3) is 0 Å². The minimum absolute atomic E-state index is 0.155. The van der Waals surface area contributed by atoms with E-state index in [0.717, 1.165) is 19.5 Å². The Hall–Kier alpha value is -1.12. The summed E-state index contributed by atoms with van der Waals surface area (Å²) in [6, 6.07) is 10.4. The molecular weight excluding hydrogens is 222 g/mol. The Labute approximate surface area is 111 Å². The Morgan fingerprint density at radius 3 is 2.56 bits per heavy atom. The first-order valence-corrected chi connectivity index (χ1v) is 6.57. The summed E-state index contributed by atoms with van der Waals surface area (Å²) < 4.78 is 0. The molecule has 2 N–H and O–H groups in total. The first-order valence-electron chi connectivity index (χ1n) is 6.57. The molecule has 1 rings (SSSR count). The summed E-state index contributed by atoms with van der Waals surface area (Å²) in [6.07, 6.45) is 3.04. The fraction of sp³-hybridized carbons (Fsp3) is 0.500. The van der Waals surface area contributed by atoms with E-state index in [-0.39, 0.29) is 12.0 Å². The second kappa shape index (κ2) is 7.34. The number of aliphatic hydroxyl groups excluding tert-OH is 1. The fourth-order valence-electron chi connectivity index (χ4n) is 1.87. The zero-order chi connectivity index (χ0) is 13.4. The summed E-state index contributed by atoms with van der Waals surface area (Å²) in [5, 5.41) is 12.4. The van der Waals surface area contributed by atoms with E-state index in [2.05, 4.69) is 56.4 Å². The standard InChI is InChI=1S/C16H25NO/c1-14(11-15-7-5-4-6-8-15)12-17-13-16(2,3)9-10-18/h4-8,11,17-18H,9-10,12-13H2,1-3H3. The number of nitrogens with one attached hydrogen (secondary N) is 1. The lowest BCUT2D eigenvalue weighted by molar-refractivity contribution is 0.208. The first kappa shape index (κ1) is 14.9. The Morgan fingerprint density at radius 1 is 1.28 bits per heavy atom. The fourth-order valence-corrected chi connectivity index (χ4v) is 1.87. The van der Waals surface area contributed by atoms with Crippen LogP contribution in [0.2, 0.25) is 0 Å². The van der Waals surface area contributed by atoms with Crippen molar-refractivity contribution in [2.75, 3.05) is 19.7 Å². The SMILES string of the molecule is CC(=Cc1ccccc1)CNCC(C)(C)CCO. The molecule has 0 unspecified atom stereocenters. The van der Waals surface area contributed by atoms with Crippen molar-refractivity contribution < 1.29 is 5.11 Å². The van der Waals surface area contributed by atoms with Crippen LogP contribution in [0.15, 0.2) is 35.9 Å². The van der Waals surface area contributed by atoms with Crippen molar-refractivity contribution in [3.63, 3.8) is 0 Å². The maximum Gasteiger partial charge on any atom is 0.0436 e. The molecular formula is C16H25NO. The molecule has 0 bridgehead atoms. The molecule has 0 saturated heterocycles. The van der Waals surface area contributed by atoms with Gasteiger partial charge in [-0.05, 0) is 24.3 Å². The molecule has 1 aromatic rings. The maximum atomic E-state index is 8.97. The molecule has 0 aliphatic carbocycles. The summed E-state index contributed by atoms with van der Waals surface area (Å²) in [7, 11) is 0. The smallest absolute Gasteiger partial charge is 0.0436 e. The van der Waals surface area contributed by atoms with Crippen molar-refractivity contribution in [2.45, 2.75) is 27.2 Å². The molecule has 0 radical (unpaired) electrons. The van der Waals surface area contributed by atoms with E-state index in [4.69, 9.17) is 5.11 Å². The number of hydrogen-bond acceptors (Lipinski definition) is 2. The lowest BCUT2D eigenvalue weighted by atomic mass is 9.90. The Kier molecular flexibility index (Phi) is 6.10. The molecule has 0 atom stereocenters.